The number of carbonyl (C=O) groups excluding carboxylic acids is 1. The first-order valence-electron chi connectivity index (χ1n) is 7.66. The van der Waals surface area contributed by atoms with Gasteiger partial charge in [-0.3, -0.25) is 4.79 Å². The first-order chi connectivity index (χ1) is 10.6. The SMILES string of the molecule is CCOc1ccc2nc(NC(=O)C3(C)CCCNC3)sc2c1. The van der Waals surface area contributed by atoms with E-state index in [2.05, 4.69) is 15.6 Å². The van der Waals surface area contributed by atoms with Crippen molar-refractivity contribution in [3.63, 3.8) is 0 Å². The van der Waals surface area contributed by atoms with Gasteiger partial charge in [-0.1, -0.05) is 11.3 Å². The van der Waals surface area contributed by atoms with Crippen LogP contribution in [0.4, 0.5) is 5.13 Å². The van der Waals surface area contributed by atoms with Gasteiger partial charge in [-0.05, 0) is 51.4 Å². The van der Waals surface area contributed by atoms with Crippen molar-refractivity contribution in [3.8, 4) is 5.75 Å². The van der Waals surface area contributed by atoms with E-state index in [1.807, 2.05) is 32.0 Å². The lowest BCUT2D eigenvalue weighted by Crippen LogP contribution is -2.46. The quantitative estimate of drug-likeness (QED) is 0.909. The number of benzene rings is 1. The molecule has 1 unspecified atom stereocenters. The highest BCUT2D eigenvalue weighted by Crippen LogP contribution is 2.32. The summed E-state index contributed by atoms with van der Waals surface area (Å²) >= 11 is 1.48. The molecule has 0 bridgehead atoms. The van der Waals surface area contributed by atoms with E-state index >= 15 is 0 Å². The highest BCUT2D eigenvalue weighted by Gasteiger charge is 2.35. The van der Waals surface area contributed by atoms with Gasteiger partial charge in [-0.2, -0.15) is 0 Å². The van der Waals surface area contributed by atoms with Crippen LogP contribution >= 0.6 is 11.3 Å². The molecule has 2 aromatic rings. The molecule has 2 heterocycles. The Hall–Kier alpha value is -1.66. The third kappa shape index (κ3) is 3.08. The average molecular weight is 319 g/mol. The minimum Gasteiger partial charge on any atom is -0.494 e. The molecule has 1 aromatic carbocycles. The van der Waals surface area contributed by atoms with E-state index in [9.17, 15) is 4.79 Å². The van der Waals surface area contributed by atoms with Crippen LogP contribution in [0.5, 0.6) is 5.75 Å². The maximum atomic E-state index is 12.5. The number of amides is 1. The number of ether oxygens (including phenoxy) is 1. The molecule has 1 atom stereocenters. The molecule has 22 heavy (non-hydrogen) atoms. The first kappa shape index (κ1) is 15.2. The smallest absolute Gasteiger partial charge is 0.233 e. The van der Waals surface area contributed by atoms with Crippen molar-refractivity contribution >= 4 is 32.6 Å². The molecule has 118 valence electrons. The van der Waals surface area contributed by atoms with Crippen LogP contribution in [0, 0.1) is 5.41 Å². The molecule has 3 rings (SSSR count). The van der Waals surface area contributed by atoms with E-state index in [0.29, 0.717) is 11.7 Å². The second kappa shape index (κ2) is 6.22. The molecule has 1 fully saturated rings. The number of hydrogen-bond acceptors (Lipinski definition) is 5. The summed E-state index contributed by atoms with van der Waals surface area (Å²) < 4.78 is 6.52. The molecule has 1 amide bonds. The van der Waals surface area contributed by atoms with E-state index in [1.165, 1.54) is 11.3 Å². The Morgan fingerprint density at radius 3 is 3.14 bits per heavy atom. The molecule has 0 spiro atoms. The molecule has 0 radical (unpaired) electrons. The van der Waals surface area contributed by atoms with Crippen LogP contribution < -0.4 is 15.4 Å². The van der Waals surface area contributed by atoms with E-state index in [1.54, 1.807) is 0 Å². The Bertz CT molecular complexity index is 677. The third-order valence-electron chi connectivity index (χ3n) is 4.04. The number of piperidine rings is 1. The number of fused-ring (bicyclic) bond motifs is 1. The van der Waals surface area contributed by atoms with Gasteiger partial charge in [-0.25, -0.2) is 4.98 Å². The highest BCUT2D eigenvalue weighted by atomic mass is 32.1. The number of nitrogens with zero attached hydrogens (tertiary/aromatic N) is 1. The van der Waals surface area contributed by atoms with Gasteiger partial charge in [0.1, 0.15) is 5.75 Å². The van der Waals surface area contributed by atoms with Gasteiger partial charge in [0.25, 0.3) is 0 Å². The second-order valence-corrected chi connectivity index (χ2v) is 6.91. The number of aromatic nitrogens is 1. The molecular formula is C16H21N3O2S. The third-order valence-corrected chi connectivity index (χ3v) is 4.97. The van der Waals surface area contributed by atoms with Crippen LogP contribution in [0.3, 0.4) is 0 Å². The predicted molar refractivity (Wildman–Crippen MR) is 89.6 cm³/mol. The van der Waals surface area contributed by atoms with E-state index in [0.717, 1.165) is 41.9 Å². The fraction of sp³-hybridized carbons (Fsp3) is 0.500. The van der Waals surface area contributed by atoms with Crippen LogP contribution in [-0.4, -0.2) is 30.6 Å². The Balaban J connectivity index is 1.77. The number of anilines is 1. The molecule has 1 aromatic heterocycles. The Labute approximate surface area is 134 Å². The molecule has 1 aliphatic rings. The minimum absolute atomic E-state index is 0.0452. The monoisotopic (exact) mass is 319 g/mol. The number of carbonyl (C=O) groups is 1. The van der Waals surface area contributed by atoms with E-state index in [4.69, 9.17) is 4.74 Å². The highest BCUT2D eigenvalue weighted by molar-refractivity contribution is 7.22. The zero-order chi connectivity index (χ0) is 15.6. The maximum Gasteiger partial charge on any atom is 0.233 e. The fourth-order valence-corrected chi connectivity index (χ4v) is 3.60. The van der Waals surface area contributed by atoms with Gasteiger partial charge in [0.05, 0.1) is 22.2 Å². The molecule has 2 N–H and O–H groups in total. The van der Waals surface area contributed by atoms with E-state index < -0.39 is 0 Å². The van der Waals surface area contributed by atoms with Gasteiger partial charge in [0.2, 0.25) is 5.91 Å². The van der Waals surface area contributed by atoms with Crippen molar-refractivity contribution in [2.75, 3.05) is 25.0 Å². The number of rotatable bonds is 4. The lowest BCUT2D eigenvalue weighted by molar-refractivity contribution is -0.125. The number of thiazole rings is 1. The topological polar surface area (TPSA) is 63.2 Å². The predicted octanol–water partition coefficient (Wildman–Crippen LogP) is 3.02. The summed E-state index contributed by atoms with van der Waals surface area (Å²) in [7, 11) is 0. The Morgan fingerprint density at radius 1 is 1.55 bits per heavy atom. The molecule has 1 aliphatic heterocycles. The van der Waals surface area contributed by atoms with Crippen LogP contribution in [-0.2, 0) is 4.79 Å². The summed E-state index contributed by atoms with van der Waals surface area (Å²) in [5, 5.41) is 6.93. The number of hydrogen-bond donors (Lipinski definition) is 2. The standard InChI is InChI=1S/C16H21N3O2S/c1-3-21-11-5-6-12-13(9-11)22-15(18-12)19-14(20)16(2)7-4-8-17-10-16/h5-6,9,17H,3-4,7-8,10H2,1-2H3,(H,18,19,20). The number of nitrogens with one attached hydrogen (secondary N) is 2. The van der Waals surface area contributed by atoms with Gasteiger partial charge in [0, 0.05) is 6.54 Å². The van der Waals surface area contributed by atoms with E-state index in [-0.39, 0.29) is 11.3 Å². The zero-order valence-electron chi connectivity index (χ0n) is 12.9. The Morgan fingerprint density at radius 2 is 2.41 bits per heavy atom. The summed E-state index contributed by atoms with van der Waals surface area (Å²) in [5.74, 6) is 0.878. The lowest BCUT2D eigenvalue weighted by Gasteiger charge is -2.32. The summed E-state index contributed by atoms with van der Waals surface area (Å²) in [4.78, 5) is 17.0. The molecule has 5 nitrogen and oxygen atoms in total. The zero-order valence-corrected chi connectivity index (χ0v) is 13.8. The summed E-state index contributed by atoms with van der Waals surface area (Å²) in [6.45, 7) is 6.32. The van der Waals surface area contributed by atoms with Crippen molar-refractivity contribution in [2.45, 2.75) is 26.7 Å². The molecular weight excluding hydrogens is 298 g/mol. The van der Waals surface area contributed by atoms with Crippen LogP contribution in [0.1, 0.15) is 26.7 Å². The normalized spacial score (nSPS) is 21.7. The van der Waals surface area contributed by atoms with Crippen LogP contribution in [0.15, 0.2) is 18.2 Å². The summed E-state index contributed by atoms with van der Waals surface area (Å²) in [6, 6.07) is 5.80. The summed E-state index contributed by atoms with van der Waals surface area (Å²) in [6.07, 6.45) is 1.94. The van der Waals surface area contributed by atoms with Crippen LogP contribution in [0.2, 0.25) is 0 Å². The van der Waals surface area contributed by atoms with Gasteiger partial charge >= 0.3 is 0 Å². The van der Waals surface area contributed by atoms with Gasteiger partial charge < -0.3 is 15.4 Å². The van der Waals surface area contributed by atoms with Crippen molar-refractivity contribution in [2.24, 2.45) is 5.41 Å². The largest absolute Gasteiger partial charge is 0.494 e. The van der Waals surface area contributed by atoms with Crippen molar-refractivity contribution in [1.82, 2.24) is 10.3 Å². The van der Waals surface area contributed by atoms with Crippen molar-refractivity contribution < 1.29 is 9.53 Å². The van der Waals surface area contributed by atoms with Crippen molar-refractivity contribution in [1.29, 1.82) is 0 Å². The first-order valence-corrected chi connectivity index (χ1v) is 8.48. The molecule has 0 saturated carbocycles. The Kier molecular flexibility index (Phi) is 4.31. The van der Waals surface area contributed by atoms with Crippen molar-refractivity contribution in [3.05, 3.63) is 18.2 Å². The fourth-order valence-electron chi connectivity index (χ4n) is 2.71. The van der Waals surface area contributed by atoms with Gasteiger partial charge in [0.15, 0.2) is 5.13 Å². The van der Waals surface area contributed by atoms with Gasteiger partial charge in [-0.15, -0.1) is 0 Å². The van der Waals surface area contributed by atoms with Crippen LogP contribution in [0.25, 0.3) is 10.2 Å². The minimum atomic E-state index is -0.355. The molecule has 6 heteroatoms. The maximum absolute atomic E-state index is 12.5. The lowest BCUT2D eigenvalue weighted by atomic mass is 9.82. The molecule has 1 saturated heterocycles. The average Bonchev–Trinajstić information content (AvgIpc) is 2.90. The molecule has 0 aliphatic carbocycles. The summed E-state index contributed by atoms with van der Waals surface area (Å²) in [5.41, 5.74) is 0.530. The second-order valence-electron chi connectivity index (χ2n) is 5.88.